The van der Waals surface area contributed by atoms with E-state index in [9.17, 15) is 5.11 Å². The number of hydrogen-bond donors (Lipinski definition) is 2. The highest BCUT2D eigenvalue weighted by atomic mass is 16.6. The monoisotopic (exact) mass is 298 g/mol. The first-order valence-corrected chi connectivity index (χ1v) is 7.63. The zero-order valence-electron chi connectivity index (χ0n) is 13.0. The van der Waals surface area contributed by atoms with E-state index < -0.39 is 5.79 Å². The van der Waals surface area contributed by atoms with Gasteiger partial charge in [0.2, 0.25) is 0 Å². The number of methoxy groups -OCH3 is 1. The Balaban J connectivity index is 2.12. The fourth-order valence-corrected chi connectivity index (χ4v) is 2.93. The van der Waals surface area contributed by atoms with Crippen molar-refractivity contribution >= 4 is 21.8 Å². The Labute approximate surface area is 130 Å². The Morgan fingerprint density at radius 2 is 1.59 bits per heavy atom. The minimum atomic E-state index is -1.24. The summed E-state index contributed by atoms with van der Waals surface area (Å²) >= 11 is 0. The number of nitrogens with one attached hydrogen (secondary N) is 1. The molecule has 4 heteroatoms. The van der Waals surface area contributed by atoms with Gasteiger partial charge in [-0.15, -0.1) is 0 Å². The molecule has 116 valence electrons. The summed E-state index contributed by atoms with van der Waals surface area (Å²) in [4.78, 5) is 0. The topological polar surface area (TPSA) is 46.4 Å². The molecule has 4 nitrogen and oxygen atoms in total. The second-order valence-electron chi connectivity index (χ2n) is 5.55. The van der Waals surface area contributed by atoms with Crippen LogP contribution < -0.4 is 5.32 Å². The third kappa shape index (κ3) is 2.61. The summed E-state index contributed by atoms with van der Waals surface area (Å²) in [5, 5.41) is 16.3. The second kappa shape index (κ2) is 6.08. The third-order valence-corrected chi connectivity index (χ3v) is 4.12. The summed E-state index contributed by atoms with van der Waals surface area (Å²) in [6.07, 6.45) is 0. The molecule has 22 heavy (non-hydrogen) atoms. The average molecular weight is 298 g/mol. The summed E-state index contributed by atoms with van der Waals surface area (Å²) in [5.74, 6) is -1.24. The molecule has 1 heterocycles. The number of para-hydroxylation sites is 2. The van der Waals surface area contributed by atoms with Gasteiger partial charge in [0.1, 0.15) is 0 Å². The van der Waals surface area contributed by atoms with Gasteiger partial charge in [0.25, 0.3) is 0 Å². The summed E-state index contributed by atoms with van der Waals surface area (Å²) < 4.78 is 7.51. The van der Waals surface area contributed by atoms with Crippen molar-refractivity contribution in [1.82, 2.24) is 9.88 Å². The molecule has 0 radical (unpaired) electrons. The van der Waals surface area contributed by atoms with E-state index in [1.165, 1.54) is 10.8 Å². The Bertz CT molecular complexity index is 728. The molecule has 0 aliphatic rings. The van der Waals surface area contributed by atoms with E-state index in [0.29, 0.717) is 13.1 Å². The molecular weight excluding hydrogens is 276 g/mol. The molecule has 0 saturated heterocycles. The van der Waals surface area contributed by atoms with Crippen LogP contribution in [0.25, 0.3) is 21.8 Å². The largest absolute Gasteiger partial charge is 0.363 e. The van der Waals surface area contributed by atoms with Crippen LogP contribution in [0, 0.1) is 0 Å². The van der Waals surface area contributed by atoms with Crippen LogP contribution in [0.4, 0.5) is 0 Å². The van der Waals surface area contributed by atoms with E-state index in [-0.39, 0.29) is 0 Å². The Kier molecular flexibility index (Phi) is 4.16. The number of benzene rings is 2. The highest BCUT2D eigenvalue weighted by Gasteiger charge is 2.28. The molecule has 1 aromatic heterocycles. The van der Waals surface area contributed by atoms with Crippen molar-refractivity contribution in [1.29, 1.82) is 0 Å². The Morgan fingerprint density at radius 1 is 1.05 bits per heavy atom. The molecule has 1 atom stereocenters. The number of aromatic nitrogens is 1. The van der Waals surface area contributed by atoms with Gasteiger partial charge in [-0.05, 0) is 18.7 Å². The number of hydrogen-bond acceptors (Lipinski definition) is 3. The van der Waals surface area contributed by atoms with Crippen molar-refractivity contribution < 1.29 is 9.84 Å². The summed E-state index contributed by atoms with van der Waals surface area (Å²) in [6, 6.07) is 16.5. The minimum Gasteiger partial charge on any atom is -0.363 e. The zero-order chi connectivity index (χ0) is 15.6. The highest BCUT2D eigenvalue weighted by Crippen LogP contribution is 2.30. The predicted molar refractivity (Wildman–Crippen MR) is 89.9 cm³/mol. The molecule has 2 N–H and O–H groups in total. The maximum atomic E-state index is 10.7. The number of ether oxygens (including phenoxy) is 1. The van der Waals surface area contributed by atoms with Crippen LogP contribution in [-0.4, -0.2) is 35.7 Å². The Morgan fingerprint density at radius 3 is 2.09 bits per heavy atom. The van der Waals surface area contributed by atoms with Gasteiger partial charge in [-0.1, -0.05) is 43.3 Å². The van der Waals surface area contributed by atoms with Crippen molar-refractivity contribution in [3.63, 3.8) is 0 Å². The number of nitrogens with zero attached hydrogens (tertiary/aromatic N) is 1. The molecule has 0 spiro atoms. The summed E-state index contributed by atoms with van der Waals surface area (Å²) in [6.45, 7) is 3.57. The lowest BCUT2D eigenvalue weighted by Gasteiger charge is -2.28. The fraction of sp³-hybridized carbons (Fsp3) is 0.333. The molecule has 0 bridgehead atoms. The van der Waals surface area contributed by atoms with Crippen LogP contribution in [0.15, 0.2) is 48.5 Å². The molecule has 0 unspecified atom stereocenters. The summed E-state index contributed by atoms with van der Waals surface area (Å²) in [7, 11) is 1.55. The van der Waals surface area contributed by atoms with E-state index in [0.717, 1.165) is 17.6 Å². The van der Waals surface area contributed by atoms with Crippen LogP contribution in [0.5, 0.6) is 0 Å². The molecule has 2 aromatic carbocycles. The number of aliphatic hydroxyl groups is 1. The first-order chi connectivity index (χ1) is 10.7. The molecule has 3 rings (SSSR count). The Hall–Kier alpha value is -1.88. The lowest BCUT2D eigenvalue weighted by atomic mass is 10.2. The van der Waals surface area contributed by atoms with Crippen molar-refractivity contribution in [2.24, 2.45) is 0 Å². The van der Waals surface area contributed by atoms with E-state index >= 15 is 0 Å². The van der Waals surface area contributed by atoms with Gasteiger partial charge in [-0.2, -0.15) is 0 Å². The maximum Gasteiger partial charge on any atom is 0.196 e. The summed E-state index contributed by atoms with van der Waals surface area (Å²) in [5.41, 5.74) is 2.21. The maximum absolute atomic E-state index is 10.7. The zero-order valence-corrected chi connectivity index (χ0v) is 13.0. The SMILES string of the molecule is CCNC[C@](O)(Cn1c2ccccc2c2ccccc21)OC. The molecular formula is C18H22N2O2. The predicted octanol–water partition coefficient (Wildman–Crippen LogP) is 2.74. The quantitative estimate of drug-likeness (QED) is 0.688. The van der Waals surface area contributed by atoms with E-state index in [4.69, 9.17) is 4.74 Å². The van der Waals surface area contributed by atoms with Crippen LogP contribution >= 0.6 is 0 Å². The smallest absolute Gasteiger partial charge is 0.196 e. The fourth-order valence-electron chi connectivity index (χ4n) is 2.93. The molecule has 0 fully saturated rings. The average Bonchev–Trinajstić information content (AvgIpc) is 2.88. The van der Waals surface area contributed by atoms with Crippen molar-refractivity contribution in [2.45, 2.75) is 19.3 Å². The van der Waals surface area contributed by atoms with Gasteiger partial charge in [-0.25, -0.2) is 0 Å². The normalized spacial score (nSPS) is 14.5. The van der Waals surface area contributed by atoms with Crippen molar-refractivity contribution in [3.05, 3.63) is 48.5 Å². The van der Waals surface area contributed by atoms with Gasteiger partial charge in [-0.3, -0.25) is 0 Å². The van der Waals surface area contributed by atoms with E-state index in [1.807, 2.05) is 31.2 Å². The van der Waals surface area contributed by atoms with Gasteiger partial charge >= 0.3 is 0 Å². The van der Waals surface area contributed by atoms with Gasteiger partial charge in [0, 0.05) is 28.9 Å². The van der Waals surface area contributed by atoms with Crippen LogP contribution in [0.2, 0.25) is 0 Å². The van der Waals surface area contributed by atoms with Gasteiger partial charge in [0.15, 0.2) is 5.79 Å². The van der Waals surface area contributed by atoms with Crippen LogP contribution in [-0.2, 0) is 11.3 Å². The van der Waals surface area contributed by atoms with Gasteiger partial charge in [0.05, 0.1) is 13.1 Å². The number of fused-ring (bicyclic) bond motifs is 3. The van der Waals surface area contributed by atoms with Crippen molar-refractivity contribution in [3.8, 4) is 0 Å². The molecule has 0 saturated carbocycles. The lowest BCUT2D eigenvalue weighted by molar-refractivity contribution is -0.189. The second-order valence-corrected chi connectivity index (χ2v) is 5.55. The third-order valence-electron chi connectivity index (χ3n) is 4.12. The molecule has 0 aliphatic carbocycles. The van der Waals surface area contributed by atoms with Crippen LogP contribution in [0.1, 0.15) is 6.92 Å². The number of rotatable bonds is 6. The number of likely N-dealkylation sites (N-methyl/N-ethyl adjacent to an activating group) is 1. The van der Waals surface area contributed by atoms with E-state index in [1.54, 1.807) is 7.11 Å². The lowest BCUT2D eigenvalue weighted by Crippen LogP contribution is -2.45. The van der Waals surface area contributed by atoms with Gasteiger partial charge < -0.3 is 19.7 Å². The first kappa shape index (κ1) is 15.0. The highest BCUT2D eigenvalue weighted by molar-refractivity contribution is 6.07. The standard InChI is InChI=1S/C18H22N2O2/c1-3-19-12-18(21,22-2)13-20-16-10-6-4-8-14(16)15-9-5-7-11-17(15)20/h4-11,19,21H,3,12-13H2,1-2H3/t18-/m1/s1. The first-order valence-electron chi connectivity index (χ1n) is 7.63. The van der Waals surface area contributed by atoms with Crippen molar-refractivity contribution in [2.75, 3.05) is 20.2 Å². The molecule has 0 amide bonds. The van der Waals surface area contributed by atoms with E-state index in [2.05, 4.69) is 34.1 Å². The molecule has 3 aromatic rings. The minimum absolute atomic E-state index is 0.379. The molecule has 0 aliphatic heterocycles. The van der Waals surface area contributed by atoms with Crippen LogP contribution in [0.3, 0.4) is 0 Å².